The number of hydrogen-bond donors (Lipinski definition) is 1. The molecule has 0 aliphatic rings. The quantitative estimate of drug-likeness (QED) is 0.707. The van der Waals surface area contributed by atoms with Crippen LogP contribution in [-0.4, -0.2) is 24.5 Å². The minimum Gasteiger partial charge on any atom is -0.493 e. The van der Waals surface area contributed by atoms with Crippen LogP contribution in [-0.2, 0) is 0 Å². The molecular formula is C16H11ClF4O5. The average molecular weight is 395 g/mol. The summed E-state index contributed by atoms with van der Waals surface area (Å²) in [6.45, 7) is 1.29. The molecule has 0 radical (unpaired) electrons. The number of carbonyl (C=O) groups is 1. The van der Waals surface area contributed by atoms with Crippen LogP contribution >= 0.6 is 11.6 Å². The molecule has 2 aromatic carbocycles. The fourth-order valence-corrected chi connectivity index (χ4v) is 2.21. The van der Waals surface area contributed by atoms with Crippen LogP contribution in [0.4, 0.5) is 17.6 Å². The van der Waals surface area contributed by atoms with Gasteiger partial charge in [-0.25, -0.2) is 9.18 Å². The number of carboxylic acid groups (broad SMARTS) is 1. The van der Waals surface area contributed by atoms with Crippen molar-refractivity contribution in [3.8, 4) is 23.0 Å². The van der Waals surface area contributed by atoms with Gasteiger partial charge in [-0.3, -0.25) is 0 Å². The van der Waals surface area contributed by atoms with E-state index in [9.17, 15) is 27.5 Å². The zero-order valence-corrected chi connectivity index (χ0v) is 14.0. The highest BCUT2D eigenvalue weighted by Crippen LogP contribution is 2.39. The van der Waals surface area contributed by atoms with Crippen LogP contribution in [0.5, 0.6) is 23.0 Å². The van der Waals surface area contributed by atoms with E-state index in [0.29, 0.717) is 0 Å². The number of aromatic carboxylic acids is 1. The summed E-state index contributed by atoms with van der Waals surface area (Å²) >= 11 is 5.84. The molecule has 2 rings (SSSR count). The summed E-state index contributed by atoms with van der Waals surface area (Å²) in [5.41, 5.74) is -0.859. The maximum Gasteiger partial charge on any atom is 0.573 e. The molecule has 0 aliphatic heterocycles. The van der Waals surface area contributed by atoms with Gasteiger partial charge in [0.15, 0.2) is 11.5 Å². The van der Waals surface area contributed by atoms with Gasteiger partial charge in [0.25, 0.3) is 0 Å². The highest BCUT2D eigenvalue weighted by molar-refractivity contribution is 6.31. The molecule has 0 saturated heterocycles. The predicted octanol–water partition coefficient (Wildman–Crippen LogP) is 5.19. The molecule has 26 heavy (non-hydrogen) atoms. The van der Waals surface area contributed by atoms with Crippen molar-refractivity contribution < 1.29 is 41.7 Å². The lowest BCUT2D eigenvalue weighted by Crippen LogP contribution is -2.17. The lowest BCUT2D eigenvalue weighted by atomic mass is 10.1. The zero-order chi connectivity index (χ0) is 19.6. The summed E-state index contributed by atoms with van der Waals surface area (Å²) in [5.74, 6) is -4.06. The average Bonchev–Trinajstić information content (AvgIpc) is 2.52. The Bertz CT molecular complexity index is 852. The molecule has 10 heteroatoms. The SMILES string of the molecule is COc1cc(OC(F)(F)F)ccc1Oc1cc(Cl)c(C)c(F)c1C(=O)O. The molecule has 0 fully saturated rings. The summed E-state index contributed by atoms with van der Waals surface area (Å²) in [6, 6.07) is 3.95. The molecule has 0 unspecified atom stereocenters. The van der Waals surface area contributed by atoms with Gasteiger partial charge in [-0.2, -0.15) is 0 Å². The number of rotatable bonds is 5. The topological polar surface area (TPSA) is 65.0 Å². The Balaban J connectivity index is 2.47. The molecule has 1 N–H and O–H groups in total. The largest absolute Gasteiger partial charge is 0.573 e. The third kappa shape index (κ3) is 4.29. The van der Waals surface area contributed by atoms with Crippen molar-refractivity contribution in [2.45, 2.75) is 13.3 Å². The molecule has 2 aromatic rings. The van der Waals surface area contributed by atoms with Crippen molar-refractivity contribution in [3.05, 3.63) is 46.2 Å². The van der Waals surface area contributed by atoms with Gasteiger partial charge >= 0.3 is 12.3 Å². The molecule has 0 amide bonds. The Morgan fingerprint density at radius 1 is 1.15 bits per heavy atom. The van der Waals surface area contributed by atoms with Crippen molar-refractivity contribution in [1.82, 2.24) is 0 Å². The van der Waals surface area contributed by atoms with E-state index in [-0.39, 0.29) is 22.1 Å². The van der Waals surface area contributed by atoms with Crippen molar-refractivity contribution >= 4 is 17.6 Å². The number of benzene rings is 2. The molecule has 0 heterocycles. The highest BCUT2D eigenvalue weighted by Gasteiger charge is 2.31. The van der Waals surface area contributed by atoms with E-state index in [4.69, 9.17) is 21.1 Å². The Morgan fingerprint density at radius 2 is 1.81 bits per heavy atom. The zero-order valence-electron chi connectivity index (χ0n) is 13.3. The van der Waals surface area contributed by atoms with E-state index >= 15 is 0 Å². The number of ether oxygens (including phenoxy) is 3. The van der Waals surface area contributed by atoms with Crippen molar-refractivity contribution in [2.24, 2.45) is 0 Å². The Hall–Kier alpha value is -2.68. The lowest BCUT2D eigenvalue weighted by Gasteiger charge is -2.16. The molecule has 5 nitrogen and oxygen atoms in total. The fraction of sp³-hybridized carbons (Fsp3) is 0.188. The smallest absolute Gasteiger partial charge is 0.493 e. The summed E-state index contributed by atoms with van der Waals surface area (Å²) in [5, 5.41) is 9.11. The first-order valence-electron chi connectivity index (χ1n) is 6.87. The third-order valence-corrected chi connectivity index (χ3v) is 3.61. The van der Waals surface area contributed by atoms with Crippen LogP contribution in [0.2, 0.25) is 5.02 Å². The van der Waals surface area contributed by atoms with Gasteiger partial charge in [0.2, 0.25) is 0 Å². The second-order valence-electron chi connectivity index (χ2n) is 4.94. The van der Waals surface area contributed by atoms with Crippen LogP contribution in [0, 0.1) is 12.7 Å². The van der Waals surface area contributed by atoms with Crippen molar-refractivity contribution in [3.63, 3.8) is 0 Å². The number of halogens is 5. The van der Waals surface area contributed by atoms with Crippen molar-refractivity contribution in [1.29, 1.82) is 0 Å². The van der Waals surface area contributed by atoms with E-state index in [1.807, 2.05) is 0 Å². The third-order valence-electron chi connectivity index (χ3n) is 3.21. The molecule has 0 aliphatic carbocycles. The fourth-order valence-electron chi connectivity index (χ4n) is 2.02. The number of methoxy groups -OCH3 is 1. The van der Waals surface area contributed by atoms with E-state index in [1.54, 1.807) is 0 Å². The van der Waals surface area contributed by atoms with E-state index in [0.717, 1.165) is 31.4 Å². The standard InChI is InChI=1S/C16H11ClF4O5/c1-7-9(17)6-12(13(14(7)18)15(22)23)25-10-4-3-8(5-11(10)24-2)26-16(19,20)21/h3-6H,1-2H3,(H,22,23). The van der Waals surface area contributed by atoms with Crippen LogP contribution in [0.1, 0.15) is 15.9 Å². The summed E-state index contributed by atoms with van der Waals surface area (Å²) in [7, 11) is 1.15. The Kier molecular flexibility index (Phi) is 5.50. The molecule has 0 atom stereocenters. The number of alkyl halides is 3. The molecule has 140 valence electrons. The first kappa shape index (κ1) is 19.6. The van der Waals surface area contributed by atoms with Gasteiger partial charge in [0, 0.05) is 17.7 Å². The van der Waals surface area contributed by atoms with Gasteiger partial charge in [-0.05, 0) is 19.1 Å². The van der Waals surface area contributed by atoms with Gasteiger partial charge in [-0.15, -0.1) is 13.2 Å². The first-order chi connectivity index (χ1) is 12.0. The summed E-state index contributed by atoms with van der Waals surface area (Å²) in [6.07, 6.45) is -4.91. The second kappa shape index (κ2) is 7.28. The monoisotopic (exact) mass is 394 g/mol. The molecule has 0 aromatic heterocycles. The lowest BCUT2D eigenvalue weighted by molar-refractivity contribution is -0.274. The van der Waals surface area contributed by atoms with E-state index < -0.39 is 35.2 Å². The summed E-state index contributed by atoms with van der Waals surface area (Å²) in [4.78, 5) is 11.3. The first-order valence-corrected chi connectivity index (χ1v) is 7.24. The predicted molar refractivity (Wildman–Crippen MR) is 82.9 cm³/mol. The molecular weight excluding hydrogens is 384 g/mol. The van der Waals surface area contributed by atoms with Crippen LogP contribution < -0.4 is 14.2 Å². The van der Waals surface area contributed by atoms with Gasteiger partial charge < -0.3 is 19.3 Å². The number of hydrogen-bond acceptors (Lipinski definition) is 4. The maximum atomic E-state index is 14.2. The minimum atomic E-state index is -4.91. The minimum absolute atomic E-state index is 0.0847. The molecule has 0 saturated carbocycles. The normalized spacial score (nSPS) is 11.2. The van der Waals surface area contributed by atoms with Gasteiger partial charge in [0.05, 0.1) is 12.1 Å². The van der Waals surface area contributed by atoms with Crippen molar-refractivity contribution in [2.75, 3.05) is 7.11 Å². The molecule has 0 spiro atoms. The van der Waals surface area contributed by atoms with E-state index in [1.165, 1.54) is 6.92 Å². The number of carboxylic acids is 1. The van der Waals surface area contributed by atoms with Crippen LogP contribution in [0.15, 0.2) is 24.3 Å². The highest BCUT2D eigenvalue weighted by atomic mass is 35.5. The van der Waals surface area contributed by atoms with Crippen LogP contribution in [0.25, 0.3) is 0 Å². The second-order valence-corrected chi connectivity index (χ2v) is 5.35. The van der Waals surface area contributed by atoms with Gasteiger partial charge in [0.1, 0.15) is 22.9 Å². The Morgan fingerprint density at radius 3 is 2.35 bits per heavy atom. The molecule has 0 bridgehead atoms. The Labute approximate surface area is 149 Å². The maximum absolute atomic E-state index is 14.2. The van der Waals surface area contributed by atoms with Gasteiger partial charge in [-0.1, -0.05) is 11.6 Å². The van der Waals surface area contributed by atoms with E-state index in [2.05, 4.69) is 4.74 Å². The summed E-state index contributed by atoms with van der Waals surface area (Å²) < 4.78 is 65.0. The van der Waals surface area contributed by atoms with Crippen LogP contribution in [0.3, 0.4) is 0 Å².